The van der Waals surface area contributed by atoms with Crippen LogP contribution in [-0.2, 0) is 6.42 Å². The lowest BCUT2D eigenvalue weighted by Crippen LogP contribution is -2.40. The van der Waals surface area contributed by atoms with Gasteiger partial charge in [0.15, 0.2) is 0 Å². The summed E-state index contributed by atoms with van der Waals surface area (Å²) in [6, 6.07) is 9.35. The molecular weight excluding hydrogens is 631 g/mol. The molecule has 0 fully saturated rings. The van der Waals surface area contributed by atoms with Crippen LogP contribution in [0.25, 0.3) is 17.3 Å². The molecule has 10 rings (SSSR count). The van der Waals surface area contributed by atoms with Crippen LogP contribution in [0.1, 0.15) is 79.7 Å². The second kappa shape index (κ2) is 12.5. The molecule has 8 aliphatic rings. The van der Waals surface area contributed by atoms with E-state index in [1.807, 2.05) is 11.8 Å². The van der Waals surface area contributed by atoms with Crippen LogP contribution in [0.15, 0.2) is 142 Å². The van der Waals surface area contributed by atoms with Crippen LogP contribution < -0.4 is 9.75 Å². The van der Waals surface area contributed by atoms with Gasteiger partial charge in [0.25, 0.3) is 0 Å². The van der Waals surface area contributed by atoms with Crippen LogP contribution >= 0.6 is 23.1 Å². The van der Waals surface area contributed by atoms with Crippen molar-refractivity contribution in [2.45, 2.75) is 86.3 Å². The highest BCUT2D eigenvalue weighted by molar-refractivity contribution is 8.00. The SMILES string of the molecule is C1=CC(C2=CCCc3c2sc2c3=CCCC=2N(C2=CCC(C3=CC4c5ccccc5SC4C=C3)C=C2)C2C=CC3=C(C=CCC3)C2)=CCC1. The third-order valence-electron chi connectivity index (χ3n) is 11.7. The molecule has 2 aromatic rings. The van der Waals surface area contributed by atoms with Gasteiger partial charge in [0, 0.05) is 38.3 Å². The molecule has 0 N–H and O–H groups in total. The number of benzene rings is 1. The van der Waals surface area contributed by atoms with E-state index in [-0.39, 0.29) is 0 Å². The second-order valence-electron chi connectivity index (χ2n) is 14.6. The van der Waals surface area contributed by atoms with Gasteiger partial charge in [-0.05, 0) is 121 Å². The van der Waals surface area contributed by atoms with Crippen LogP contribution in [-0.4, -0.2) is 16.2 Å². The molecule has 49 heavy (non-hydrogen) atoms. The minimum atomic E-state index is 0.328. The Bertz CT molecular complexity index is 2180. The highest BCUT2D eigenvalue weighted by atomic mass is 32.2. The first kappa shape index (κ1) is 30.1. The summed E-state index contributed by atoms with van der Waals surface area (Å²) < 4.78 is 1.52. The smallest absolute Gasteiger partial charge is 0.0563 e. The molecule has 0 bridgehead atoms. The van der Waals surface area contributed by atoms with Crippen LogP contribution in [0.2, 0.25) is 0 Å². The van der Waals surface area contributed by atoms with Crippen LogP contribution in [0.3, 0.4) is 0 Å². The standard InChI is InChI=1S/C46H43NS2/c1-2-11-32(12-3-1)37-15-8-16-39-40-17-9-18-42(46(40)49-45(37)39)47(36-26-22-30-10-4-5-13-33(30)28-36)35-24-20-31(21-25-35)34-23-27-44-41(29-34)38-14-6-7-19-43(38)48-44/h2,5-7,11-15,17,19-20,22-27,29,31,36,41,44H,1,3-4,8-10,16,18,21,28H2. The maximum Gasteiger partial charge on any atom is 0.0563 e. The Morgan fingerprint density at radius 2 is 1.67 bits per heavy atom. The number of thioether (sulfide) groups is 1. The average molecular weight is 674 g/mol. The zero-order valence-corrected chi connectivity index (χ0v) is 29.7. The fourth-order valence-corrected chi connectivity index (χ4v) is 12.1. The van der Waals surface area contributed by atoms with E-state index < -0.39 is 0 Å². The molecular formula is C46H43NS2. The van der Waals surface area contributed by atoms with Crippen molar-refractivity contribution in [2.75, 3.05) is 0 Å². The van der Waals surface area contributed by atoms with E-state index in [4.69, 9.17) is 0 Å². The molecule has 244 valence electrons. The Kier molecular flexibility index (Phi) is 7.68. The largest absolute Gasteiger partial charge is 0.337 e. The zero-order chi connectivity index (χ0) is 32.3. The summed E-state index contributed by atoms with van der Waals surface area (Å²) in [6.45, 7) is 0. The van der Waals surface area contributed by atoms with E-state index in [2.05, 4.69) is 132 Å². The fraction of sp³-hybridized carbons (Fsp3) is 0.304. The summed E-state index contributed by atoms with van der Waals surface area (Å²) in [5.74, 6) is 0.919. The molecule has 1 aromatic carbocycles. The first-order chi connectivity index (χ1) is 24.3. The Morgan fingerprint density at radius 3 is 2.59 bits per heavy atom. The summed E-state index contributed by atoms with van der Waals surface area (Å²) in [5, 5.41) is 2.07. The minimum absolute atomic E-state index is 0.328. The molecule has 1 aromatic heterocycles. The number of rotatable bonds is 5. The summed E-state index contributed by atoms with van der Waals surface area (Å²) in [6.07, 6.45) is 48.4. The van der Waals surface area contributed by atoms with Gasteiger partial charge in [-0.15, -0.1) is 23.1 Å². The lowest BCUT2D eigenvalue weighted by atomic mass is 9.82. The normalized spacial score (nSPS) is 27.6. The molecule has 0 saturated heterocycles. The van der Waals surface area contributed by atoms with Crippen molar-refractivity contribution < 1.29 is 0 Å². The summed E-state index contributed by atoms with van der Waals surface area (Å²) in [5.41, 5.74) is 13.5. The second-order valence-corrected chi connectivity index (χ2v) is 16.9. The number of hydrogen-bond donors (Lipinski definition) is 0. The predicted molar refractivity (Wildman–Crippen MR) is 210 cm³/mol. The van der Waals surface area contributed by atoms with Gasteiger partial charge in [-0.1, -0.05) is 103 Å². The van der Waals surface area contributed by atoms with Crippen molar-refractivity contribution in [1.82, 2.24) is 4.90 Å². The molecule has 1 aliphatic heterocycles. The Labute approximate surface area is 299 Å². The summed E-state index contributed by atoms with van der Waals surface area (Å²) in [4.78, 5) is 5.75. The molecule has 0 spiro atoms. The van der Waals surface area contributed by atoms with E-state index in [1.165, 1.54) is 72.5 Å². The van der Waals surface area contributed by atoms with E-state index in [0.29, 0.717) is 23.1 Å². The number of thiophene rings is 1. The Morgan fingerprint density at radius 1 is 0.735 bits per heavy atom. The van der Waals surface area contributed by atoms with Crippen molar-refractivity contribution in [2.24, 2.45) is 5.92 Å². The van der Waals surface area contributed by atoms with Crippen molar-refractivity contribution in [3.63, 3.8) is 0 Å². The van der Waals surface area contributed by atoms with Gasteiger partial charge in [-0.3, -0.25) is 0 Å². The van der Waals surface area contributed by atoms with Crippen molar-refractivity contribution in [3.05, 3.63) is 163 Å². The summed E-state index contributed by atoms with van der Waals surface area (Å²) >= 11 is 4.11. The first-order valence-corrected chi connectivity index (χ1v) is 20.3. The maximum absolute atomic E-state index is 2.78. The monoisotopic (exact) mass is 673 g/mol. The first-order valence-electron chi connectivity index (χ1n) is 18.6. The van der Waals surface area contributed by atoms with Gasteiger partial charge in [-0.25, -0.2) is 0 Å². The Hall–Kier alpha value is -3.79. The maximum atomic E-state index is 2.78. The van der Waals surface area contributed by atoms with E-state index in [9.17, 15) is 0 Å². The molecule has 0 radical (unpaired) electrons. The fourth-order valence-electron chi connectivity index (χ4n) is 9.31. The lowest BCUT2D eigenvalue weighted by molar-refractivity contribution is 0.399. The van der Waals surface area contributed by atoms with Gasteiger partial charge in [0.05, 0.1) is 10.6 Å². The summed E-state index contributed by atoms with van der Waals surface area (Å²) in [7, 11) is 0. The van der Waals surface area contributed by atoms with E-state index in [1.54, 1.807) is 16.7 Å². The molecule has 3 heteroatoms. The Balaban J connectivity index is 1.03. The topological polar surface area (TPSA) is 3.24 Å². The highest BCUT2D eigenvalue weighted by Crippen LogP contribution is 2.50. The molecule has 7 aliphatic carbocycles. The van der Waals surface area contributed by atoms with Gasteiger partial charge in [0.2, 0.25) is 0 Å². The predicted octanol–water partition coefficient (Wildman–Crippen LogP) is 10.5. The third-order valence-corrected chi connectivity index (χ3v) is 14.4. The minimum Gasteiger partial charge on any atom is -0.337 e. The number of hydrogen-bond acceptors (Lipinski definition) is 3. The zero-order valence-electron chi connectivity index (χ0n) is 28.1. The van der Waals surface area contributed by atoms with Gasteiger partial charge >= 0.3 is 0 Å². The number of fused-ring (bicyclic) bond motifs is 6. The van der Waals surface area contributed by atoms with Crippen molar-refractivity contribution >= 4 is 40.4 Å². The van der Waals surface area contributed by atoms with Crippen LogP contribution in [0.4, 0.5) is 0 Å². The van der Waals surface area contributed by atoms with Crippen molar-refractivity contribution in [1.29, 1.82) is 0 Å². The van der Waals surface area contributed by atoms with Crippen molar-refractivity contribution in [3.8, 4) is 0 Å². The third kappa shape index (κ3) is 5.27. The highest BCUT2D eigenvalue weighted by Gasteiger charge is 2.34. The van der Waals surface area contributed by atoms with E-state index >= 15 is 0 Å². The molecule has 4 atom stereocenters. The average Bonchev–Trinajstić information content (AvgIpc) is 3.74. The van der Waals surface area contributed by atoms with Gasteiger partial charge < -0.3 is 4.90 Å². The number of nitrogens with zero attached hydrogens (tertiary/aromatic N) is 1. The molecule has 0 amide bonds. The molecule has 1 nitrogen and oxygen atoms in total. The lowest BCUT2D eigenvalue weighted by Gasteiger charge is -2.39. The van der Waals surface area contributed by atoms with Gasteiger partial charge in [0.1, 0.15) is 0 Å². The molecule has 4 unspecified atom stereocenters. The van der Waals surface area contributed by atoms with Crippen LogP contribution in [0.5, 0.6) is 0 Å². The van der Waals surface area contributed by atoms with Gasteiger partial charge in [-0.2, -0.15) is 0 Å². The quantitative estimate of drug-likeness (QED) is 0.311. The molecule has 0 saturated carbocycles. The number of allylic oxidation sites excluding steroid dienone is 16. The van der Waals surface area contributed by atoms with Crippen LogP contribution in [0, 0.1) is 5.92 Å². The molecule has 2 heterocycles. The van der Waals surface area contributed by atoms with E-state index in [0.717, 1.165) is 44.9 Å².